The van der Waals surface area contributed by atoms with E-state index in [4.69, 9.17) is 0 Å². The van der Waals surface area contributed by atoms with Crippen LogP contribution in [-0.2, 0) is 11.3 Å². The highest BCUT2D eigenvalue weighted by Crippen LogP contribution is 2.28. The number of amides is 1. The van der Waals surface area contributed by atoms with E-state index in [-0.39, 0.29) is 17.5 Å². The van der Waals surface area contributed by atoms with Crippen molar-refractivity contribution in [1.29, 1.82) is 5.26 Å². The zero-order chi connectivity index (χ0) is 24.6. The van der Waals surface area contributed by atoms with Gasteiger partial charge in [0, 0.05) is 23.6 Å². The van der Waals surface area contributed by atoms with Gasteiger partial charge in [-0.2, -0.15) is 10.2 Å². The number of nitrogens with zero attached hydrogens (tertiary/aromatic N) is 6. The number of nitriles is 1. The minimum atomic E-state index is -0.316. The number of nitrogens with one attached hydrogen (secondary N) is 1. The quantitative estimate of drug-likeness (QED) is 0.417. The van der Waals surface area contributed by atoms with E-state index in [1.54, 1.807) is 16.6 Å². The number of benzene rings is 1. The highest BCUT2D eigenvalue weighted by atomic mass is 32.2. The van der Waals surface area contributed by atoms with Gasteiger partial charge in [-0.3, -0.25) is 4.79 Å². The Balaban J connectivity index is 1.54. The van der Waals surface area contributed by atoms with Crippen LogP contribution in [0.3, 0.4) is 0 Å². The van der Waals surface area contributed by atoms with Crippen LogP contribution in [0.15, 0.2) is 29.4 Å². The number of hydrogen-bond donors (Lipinski definition) is 1. The second kappa shape index (κ2) is 9.27. The van der Waals surface area contributed by atoms with Gasteiger partial charge in [0.2, 0.25) is 11.1 Å². The van der Waals surface area contributed by atoms with Crippen molar-refractivity contribution in [1.82, 2.24) is 24.1 Å². The number of carbonyl (C=O) groups is 1. The predicted octanol–water partition coefficient (Wildman–Crippen LogP) is 4.26. The lowest BCUT2D eigenvalue weighted by Gasteiger charge is -2.13. The van der Waals surface area contributed by atoms with Crippen molar-refractivity contribution in [3.05, 3.63) is 69.4 Å². The number of carbonyl (C=O) groups excluding carboxylic acids is 1. The number of rotatable bonds is 6. The van der Waals surface area contributed by atoms with E-state index >= 15 is 0 Å². The molecule has 0 radical (unpaired) electrons. The van der Waals surface area contributed by atoms with E-state index < -0.39 is 0 Å². The minimum Gasteiger partial charge on any atom is -0.326 e. The molecular formula is C24H24FN7OS. The summed E-state index contributed by atoms with van der Waals surface area (Å²) in [5.41, 5.74) is 5.81. The van der Waals surface area contributed by atoms with Crippen LogP contribution in [0.2, 0.25) is 0 Å². The zero-order valence-corrected chi connectivity index (χ0v) is 20.4. The lowest BCUT2D eigenvalue weighted by Crippen LogP contribution is -2.18. The number of aryl methyl sites for hydroxylation is 2. The molecule has 0 spiro atoms. The van der Waals surface area contributed by atoms with Crippen molar-refractivity contribution in [2.45, 2.75) is 46.3 Å². The molecule has 0 saturated heterocycles. The Bertz CT molecular complexity index is 1450. The van der Waals surface area contributed by atoms with Crippen LogP contribution < -0.4 is 5.32 Å². The first-order valence-electron chi connectivity index (χ1n) is 10.7. The van der Waals surface area contributed by atoms with E-state index in [1.165, 1.54) is 23.9 Å². The average Bonchev–Trinajstić information content (AvgIpc) is 3.31. The number of thioether (sulfide) groups is 1. The average molecular weight is 478 g/mol. The standard InChI is InChI=1S/C24H24FN7OS/c1-13-15(3)27-23-29-24(30-32(23)17(13)5)34-12-21(33)28-22-20(10-26)14(2)16(4)31(22)11-18-6-8-19(25)9-7-18/h6-9H,11-12H2,1-5H3,(H,28,33). The molecule has 0 bridgehead atoms. The highest BCUT2D eigenvalue weighted by molar-refractivity contribution is 7.99. The maximum absolute atomic E-state index is 13.3. The van der Waals surface area contributed by atoms with Crippen LogP contribution in [0.25, 0.3) is 5.78 Å². The maximum atomic E-state index is 13.3. The van der Waals surface area contributed by atoms with Crippen molar-refractivity contribution < 1.29 is 9.18 Å². The smallest absolute Gasteiger partial charge is 0.253 e. The van der Waals surface area contributed by atoms with E-state index in [1.807, 2.05) is 39.2 Å². The molecule has 174 valence electrons. The molecule has 0 saturated carbocycles. The molecule has 3 aromatic heterocycles. The molecule has 0 fully saturated rings. The normalized spacial score (nSPS) is 11.1. The van der Waals surface area contributed by atoms with Crippen molar-refractivity contribution in [3.63, 3.8) is 0 Å². The Labute approximate surface area is 200 Å². The van der Waals surface area contributed by atoms with Crippen LogP contribution in [0, 0.1) is 51.8 Å². The summed E-state index contributed by atoms with van der Waals surface area (Å²) in [6, 6.07) is 8.35. The lowest BCUT2D eigenvalue weighted by atomic mass is 10.2. The number of halogens is 1. The SMILES string of the molecule is Cc1nc2nc(SCC(=O)Nc3c(C#N)c(C)c(C)n3Cc3ccc(F)cc3)nn2c(C)c1C. The van der Waals surface area contributed by atoms with Gasteiger partial charge in [-0.25, -0.2) is 13.9 Å². The first kappa shape index (κ1) is 23.4. The van der Waals surface area contributed by atoms with Gasteiger partial charge in [0.1, 0.15) is 17.7 Å². The molecule has 10 heteroatoms. The number of hydrogen-bond acceptors (Lipinski definition) is 6. The summed E-state index contributed by atoms with van der Waals surface area (Å²) in [6.45, 7) is 10.0. The van der Waals surface area contributed by atoms with Gasteiger partial charge < -0.3 is 9.88 Å². The van der Waals surface area contributed by atoms with Gasteiger partial charge in [0.25, 0.3) is 5.78 Å². The third kappa shape index (κ3) is 4.39. The summed E-state index contributed by atoms with van der Waals surface area (Å²) in [4.78, 5) is 21.7. The molecule has 0 atom stereocenters. The van der Waals surface area contributed by atoms with Crippen molar-refractivity contribution in [2.75, 3.05) is 11.1 Å². The Morgan fingerprint density at radius 1 is 1.09 bits per heavy atom. The molecule has 1 N–H and O–H groups in total. The van der Waals surface area contributed by atoms with E-state index in [2.05, 4.69) is 26.5 Å². The number of fused-ring (bicyclic) bond motifs is 1. The fourth-order valence-corrected chi connectivity index (χ4v) is 4.32. The molecule has 4 aromatic rings. The molecule has 1 aromatic carbocycles. The van der Waals surface area contributed by atoms with Gasteiger partial charge in [0.15, 0.2) is 0 Å². The van der Waals surface area contributed by atoms with E-state index in [0.29, 0.717) is 28.9 Å². The Morgan fingerprint density at radius 2 is 1.79 bits per heavy atom. The minimum absolute atomic E-state index is 0.0680. The van der Waals surface area contributed by atoms with Gasteiger partial charge in [-0.15, -0.1) is 5.10 Å². The number of aromatic nitrogens is 5. The third-order valence-electron chi connectivity index (χ3n) is 6.03. The molecule has 1 amide bonds. The lowest BCUT2D eigenvalue weighted by molar-refractivity contribution is -0.113. The van der Waals surface area contributed by atoms with Gasteiger partial charge in [-0.1, -0.05) is 23.9 Å². The highest BCUT2D eigenvalue weighted by Gasteiger charge is 2.20. The fraction of sp³-hybridized carbons (Fsp3) is 0.292. The molecule has 0 aliphatic carbocycles. The second-order valence-electron chi connectivity index (χ2n) is 8.11. The van der Waals surface area contributed by atoms with Crippen LogP contribution in [-0.4, -0.2) is 35.8 Å². The molecule has 0 unspecified atom stereocenters. The van der Waals surface area contributed by atoms with Gasteiger partial charge >= 0.3 is 0 Å². The van der Waals surface area contributed by atoms with Gasteiger partial charge in [0.05, 0.1) is 11.3 Å². The third-order valence-corrected chi connectivity index (χ3v) is 6.86. The monoisotopic (exact) mass is 477 g/mol. The zero-order valence-electron chi connectivity index (χ0n) is 19.6. The van der Waals surface area contributed by atoms with Crippen molar-refractivity contribution >= 4 is 29.3 Å². The summed E-state index contributed by atoms with van der Waals surface area (Å²) < 4.78 is 16.9. The summed E-state index contributed by atoms with van der Waals surface area (Å²) in [5, 5.41) is 17.5. The Morgan fingerprint density at radius 3 is 2.47 bits per heavy atom. The Hall–Kier alpha value is -3.71. The van der Waals surface area contributed by atoms with Gasteiger partial charge in [-0.05, 0) is 63.4 Å². The molecular weight excluding hydrogens is 453 g/mol. The summed E-state index contributed by atoms with van der Waals surface area (Å²) >= 11 is 1.20. The Kier molecular flexibility index (Phi) is 6.39. The number of anilines is 1. The maximum Gasteiger partial charge on any atom is 0.253 e. The largest absolute Gasteiger partial charge is 0.326 e. The predicted molar refractivity (Wildman–Crippen MR) is 128 cm³/mol. The molecule has 0 aliphatic heterocycles. The summed E-state index contributed by atoms with van der Waals surface area (Å²) in [7, 11) is 0. The molecule has 4 rings (SSSR count). The summed E-state index contributed by atoms with van der Waals surface area (Å²) in [6.07, 6.45) is 0. The van der Waals surface area contributed by atoms with E-state index in [0.717, 1.165) is 33.8 Å². The summed E-state index contributed by atoms with van der Waals surface area (Å²) in [5.74, 6) is 0.395. The molecule has 8 nitrogen and oxygen atoms in total. The first-order valence-corrected chi connectivity index (χ1v) is 11.7. The molecule has 0 aliphatic rings. The second-order valence-corrected chi connectivity index (χ2v) is 9.05. The first-order chi connectivity index (χ1) is 16.2. The van der Waals surface area contributed by atoms with E-state index in [9.17, 15) is 14.4 Å². The van der Waals surface area contributed by atoms with Crippen LogP contribution in [0.1, 0.15) is 39.3 Å². The van der Waals surface area contributed by atoms with Crippen molar-refractivity contribution in [2.24, 2.45) is 0 Å². The van der Waals surface area contributed by atoms with Crippen LogP contribution in [0.5, 0.6) is 0 Å². The van der Waals surface area contributed by atoms with Crippen molar-refractivity contribution in [3.8, 4) is 6.07 Å². The topological polar surface area (TPSA) is 101 Å². The van der Waals surface area contributed by atoms with Crippen LogP contribution >= 0.6 is 11.8 Å². The molecule has 3 heterocycles. The van der Waals surface area contributed by atoms with Crippen LogP contribution in [0.4, 0.5) is 10.2 Å². The molecule has 34 heavy (non-hydrogen) atoms. The fourth-order valence-electron chi connectivity index (χ4n) is 3.70.